The molecule has 0 fully saturated rings. The number of methoxy groups -OCH3 is 1. The molecule has 0 atom stereocenters. The SMILES string of the molecule is CCOc1cc(C(=O)c2ccc(Cl)c(S(N)(=O)=O)c2)ccc1OC. The predicted molar refractivity (Wildman–Crippen MR) is 90.4 cm³/mol. The van der Waals surface area contributed by atoms with Crippen LogP contribution in [-0.4, -0.2) is 27.9 Å². The molecule has 8 heteroatoms. The summed E-state index contributed by atoms with van der Waals surface area (Å²) in [6, 6.07) is 8.62. The first-order chi connectivity index (χ1) is 11.3. The van der Waals surface area contributed by atoms with Gasteiger partial charge in [0.15, 0.2) is 17.3 Å². The normalized spacial score (nSPS) is 11.2. The Balaban J connectivity index is 2.48. The molecule has 0 amide bonds. The highest BCUT2D eigenvalue weighted by atomic mass is 35.5. The second-order valence-corrected chi connectivity index (χ2v) is 6.76. The van der Waals surface area contributed by atoms with Crippen molar-refractivity contribution in [1.29, 1.82) is 0 Å². The molecule has 0 heterocycles. The van der Waals surface area contributed by atoms with Crippen LogP contribution in [0.5, 0.6) is 11.5 Å². The van der Waals surface area contributed by atoms with Crippen LogP contribution in [0.4, 0.5) is 0 Å². The van der Waals surface area contributed by atoms with Gasteiger partial charge in [0.25, 0.3) is 0 Å². The van der Waals surface area contributed by atoms with Crippen LogP contribution in [0.3, 0.4) is 0 Å². The van der Waals surface area contributed by atoms with Crippen molar-refractivity contribution in [3.05, 3.63) is 52.5 Å². The number of nitrogens with two attached hydrogens (primary N) is 1. The standard InChI is InChI=1S/C16H16ClNO5S/c1-3-23-14-8-10(5-7-13(14)22-2)16(19)11-4-6-12(17)15(9-11)24(18,20)21/h4-9H,3H2,1-2H3,(H2,18,20,21). The van der Waals surface area contributed by atoms with E-state index in [0.29, 0.717) is 23.7 Å². The molecule has 0 aromatic heterocycles. The molecule has 0 unspecified atom stereocenters. The van der Waals surface area contributed by atoms with Gasteiger partial charge >= 0.3 is 0 Å². The van der Waals surface area contributed by atoms with Crippen molar-refractivity contribution >= 4 is 27.4 Å². The second kappa shape index (κ2) is 7.21. The summed E-state index contributed by atoms with van der Waals surface area (Å²) in [6.07, 6.45) is 0. The van der Waals surface area contributed by atoms with E-state index in [0.717, 1.165) is 6.07 Å². The van der Waals surface area contributed by atoms with Crippen LogP contribution in [-0.2, 0) is 10.0 Å². The predicted octanol–water partition coefficient (Wildman–Crippen LogP) is 2.63. The van der Waals surface area contributed by atoms with E-state index in [1.165, 1.54) is 25.3 Å². The lowest BCUT2D eigenvalue weighted by atomic mass is 10.0. The van der Waals surface area contributed by atoms with E-state index in [-0.39, 0.29) is 21.3 Å². The van der Waals surface area contributed by atoms with Gasteiger partial charge in [-0.1, -0.05) is 11.6 Å². The van der Waals surface area contributed by atoms with Crippen molar-refractivity contribution in [2.24, 2.45) is 5.14 Å². The van der Waals surface area contributed by atoms with Gasteiger partial charge in [-0.15, -0.1) is 0 Å². The average Bonchev–Trinajstić information content (AvgIpc) is 2.54. The lowest BCUT2D eigenvalue weighted by molar-refractivity contribution is 0.103. The highest BCUT2D eigenvalue weighted by molar-refractivity contribution is 7.89. The summed E-state index contributed by atoms with van der Waals surface area (Å²) in [6.45, 7) is 2.22. The fourth-order valence-corrected chi connectivity index (χ4v) is 3.19. The summed E-state index contributed by atoms with van der Waals surface area (Å²) in [5.41, 5.74) is 0.470. The molecular formula is C16H16ClNO5S. The molecule has 0 radical (unpaired) electrons. The van der Waals surface area contributed by atoms with Gasteiger partial charge < -0.3 is 9.47 Å². The van der Waals surface area contributed by atoms with E-state index in [1.54, 1.807) is 12.1 Å². The minimum Gasteiger partial charge on any atom is -0.493 e. The highest BCUT2D eigenvalue weighted by Crippen LogP contribution is 2.30. The largest absolute Gasteiger partial charge is 0.493 e. The first-order valence-electron chi connectivity index (χ1n) is 6.95. The lowest BCUT2D eigenvalue weighted by Crippen LogP contribution is -2.14. The minimum atomic E-state index is -4.03. The van der Waals surface area contributed by atoms with Crippen LogP contribution in [0.1, 0.15) is 22.8 Å². The lowest BCUT2D eigenvalue weighted by Gasteiger charge is -2.11. The van der Waals surface area contributed by atoms with Crippen molar-refractivity contribution in [2.75, 3.05) is 13.7 Å². The molecule has 2 aromatic carbocycles. The molecule has 0 bridgehead atoms. The van der Waals surface area contributed by atoms with Gasteiger partial charge in [-0.05, 0) is 43.3 Å². The maximum Gasteiger partial charge on any atom is 0.239 e. The van der Waals surface area contributed by atoms with Gasteiger partial charge in [0.05, 0.1) is 18.7 Å². The molecule has 0 aliphatic heterocycles. The number of halogens is 1. The van der Waals surface area contributed by atoms with Crippen molar-refractivity contribution in [3.8, 4) is 11.5 Å². The van der Waals surface area contributed by atoms with Crippen LogP contribution >= 0.6 is 11.6 Å². The van der Waals surface area contributed by atoms with Gasteiger partial charge in [-0.2, -0.15) is 0 Å². The van der Waals surface area contributed by atoms with Crippen LogP contribution in [0.2, 0.25) is 5.02 Å². The van der Waals surface area contributed by atoms with Crippen LogP contribution in [0.15, 0.2) is 41.3 Å². The molecule has 128 valence electrons. The number of carbonyl (C=O) groups excluding carboxylic acids is 1. The number of primary sulfonamides is 1. The number of hydrogen-bond donors (Lipinski definition) is 1. The fourth-order valence-electron chi connectivity index (χ4n) is 2.12. The van der Waals surface area contributed by atoms with Crippen LogP contribution < -0.4 is 14.6 Å². The number of benzene rings is 2. The summed E-state index contributed by atoms with van der Waals surface area (Å²) in [7, 11) is -2.53. The molecule has 24 heavy (non-hydrogen) atoms. The number of hydrogen-bond acceptors (Lipinski definition) is 5. The van der Waals surface area contributed by atoms with Crippen LogP contribution in [0, 0.1) is 0 Å². The van der Waals surface area contributed by atoms with E-state index < -0.39 is 10.0 Å². The molecule has 2 N–H and O–H groups in total. The Kier molecular flexibility index (Phi) is 5.48. The minimum absolute atomic E-state index is 0.0428. The van der Waals surface area contributed by atoms with Crippen molar-refractivity contribution in [3.63, 3.8) is 0 Å². The molecule has 2 rings (SSSR count). The molecule has 0 aliphatic carbocycles. The highest BCUT2D eigenvalue weighted by Gasteiger charge is 2.18. The fraction of sp³-hybridized carbons (Fsp3) is 0.188. The summed E-state index contributed by atoms with van der Waals surface area (Å²) >= 11 is 5.83. The zero-order valence-corrected chi connectivity index (χ0v) is 14.6. The van der Waals surface area contributed by atoms with Gasteiger partial charge in [0, 0.05) is 11.1 Å². The van der Waals surface area contributed by atoms with E-state index in [9.17, 15) is 13.2 Å². The average molecular weight is 370 g/mol. The molecule has 6 nitrogen and oxygen atoms in total. The van der Waals surface area contributed by atoms with E-state index >= 15 is 0 Å². The quantitative estimate of drug-likeness (QED) is 0.789. The number of sulfonamides is 1. The number of ketones is 1. The third-order valence-corrected chi connectivity index (χ3v) is 4.62. The molecule has 0 aliphatic rings. The van der Waals surface area contributed by atoms with E-state index in [2.05, 4.69) is 0 Å². The topological polar surface area (TPSA) is 95.7 Å². The second-order valence-electron chi connectivity index (χ2n) is 4.82. The summed E-state index contributed by atoms with van der Waals surface area (Å²) in [5.74, 6) is 0.529. The van der Waals surface area contributed by atoms with Gasteiger partial charge in [0.2, 0.25) is 10.0 Å². The molecule has 0 saturated carbocycles. The Morgan fingerprint density at radius 2 is 1.75 bits per heavy atom. The Labute approximate surface area is 145 Å². The maximum absolute atomic E-state index is 12.6. The third-order valence-electron chi connectivity index (χ3n) is 3.23. The molecular weight excluding hydrogens is 354 g/mol. The summed E-state index contributed by atoms with van der Waals surface area (Å²) < 4.78 is 33.7. The first kappa shape index (κ1) is 18.3. The van der Waals surface area contributed by atoms with Gasteiger partial charge in [0.1, 0.15) is 4.90 Å². The third kappa shape index (κ3) is 3.87. The van der Waals surface area contributed by atoms with E-state index in [4.69, 9.17) is 26.2 Å². The first-order valence-corrected chi connectivity index (χ1v) is 8.88. The number of carbonyl (C=O) groups is 1. The Morgan fingerprint density at radius 3 is 2.33 bits per heavy atom. The van der Waals surface area contributed by atoms with Gasteiger partial charge in [-0.25, -0.2) is 13.6 Å². The summed E-state index contributed by atoms with van der Waals surface area (Å²) in [4.78, 5) is 12.3. The smallest absolute Gasteiger partial charge is 0.239 e. The van der Waals surface area contributed by atoms with Crippen molar-refractivity contribution < 1.29 is 22.7 Å². The number of rotatable bonds is 6. The zero-order valence-electron chi connectivity index (χ0n) is 13.1. The number of ether oxygens (including phenoxy) is 2. The van der Waals surface area contributed by atoms with Crippen molar-refractivity contribution in [2.45, 2.75) is 11.8 Å². The monoisotopic (exact) mass is 369 g/mol. The van der Waals surface area contributed by atoms with E-state index in [1.807, 2.05) is 6.92 Å². The van der Waals surface area contributed by atoms with Crippen molar-refractivity contribution in [1.82, 2.24) is 0 Å². The Bertz CT molecular complexity index is 880. The maximum atomic E-state index is 12.6. The summed E-state index contributed by atoms with van der Waals surface area (Å²) in [5, 5.41) is 5.06. The Morgan fingerprint density at radius 1 is 1.12 bits per heavy atom. The molecule has 0 spiro atoms. The zero-order chi connectivity index (χ0) is 17.9. The molecule has 2 aromatic rings. The Hall–Kier alpha value is -2.09. The molecule has 0 saturated heterocycles. The van der Waals surface area contributed by atoms with Gasteiger partial charge in [-0.3, -0.25) is 4.79 Å². The van der Waals surface area contributed by atoms with Crippen LogP contribution in [0.25, 0.3) is 0 Å².